The van der Waals surface area contributed by atoms with E-state index < -0.39 is 17.5 Å². The minimum absolute atomic E-state index is 0.136. The Hall–Kier alpha value is -3.54. The molecule has 0 fully saturated rings. The molecule has 0 aliphatic rings. The molecule has 142 valence electrons. The van der Waals surface area contributed by atoms with Gasteiger partial charge in [-0.05, 0) is 55.0 Å². The molecule has 1 amide bonds. The van der Waals surface area contributed by atoms with Gasteiger partial charge >= 0.3 is 0 Å². The molecule has 0 saturated carbocycles. The lowest BCUT2D eigenvalue weighted by Gasteiger charge is -2.14. The third kappa shape index (κ3) is 5.23. The van der Waals surface area contributed by atoms with Crippen LogP contribution in [0.3, 0.4) is 0 Å². The number of amides is 1. The van der Waals surface area contributed by atoms with E-state index in [4.69, 9.17) is 4.74 Å². The number of pyridine rings is 1. The molecular weight excluding hydrogens is 362 g/mol. The zero-order chi connectivity index (χ0) is 19.9. The number of hydrogen-bond donors (Lipinski definition) is 1. The second-order valence-electron chi connectivity index (χ2n) is 6.09. The molecule has 28 heavy (non-hydrogen) atoms. The molecule has 1 N–H and O–H groups in total. The van der Waals surface area contributed by atoms with Gasteiger partial charge in [0.1, 0.15) is 23.1 Å². The van der Waals surface area contributed by atoms with E-state index in [1.165, 1.54) is 18.2 Å². The predicted molar refractivity (Wildman–Crippen MR) is 103 cm³/mol. The second kappa shape index (κ2) is 8.90. The standard InChI is InChI=1S/C22H18F2N2O2/c1-15(26-22(27)8-6-16-5-7-18(23)14-21(16)24)17-3-2-4-20(13-17)28-19-9-11-25-12-10-19/h2-15H,1H3,(H,26,27)/t15-/m0/s1. The van der Waals surface area contributed by atoms with Crippen LogP contribution in [0.25, 0.3) is 6.08 Å². The van der Waals surface area contributed by atoms with Gasteiger partial charge in [-0.2, -0.15) is 0 Å². The van der Waals surface area contributed by atoms with Crippen LogP contribution in [-0.2, 0) is 4.79 Å². The Labute approximate surface area is 161 Å². The molecule has 3 rings (SSSR count). The normalized spacial score (nSPS) is 12.0. The Morgan fingerprint density at radius 2 is 1.86 bits per heavy atom. The van der Waals surface area contributed by atoms with Gasteiger partial charge in [-0.3, -0.25) is 9.78 Å². The van der Waals surface area contributed by atoms with Crippen molar-refractivity contribution >= 4 is 12.0 Å². The lowest BCUT2D eigenvalue weighted by molar-refractivity contribution is -0.117. The average molecular weight is 380 g/mol. The quantitative estimate of drug-likeness (QED) is 0.610. The first-order chi connectivity index (χ1) is 13.5. The number of hydrogen-bond acceptors (Lipinski definition) is 3. The van der Waals surface area contributed by atoms with Crippen LogP contribution in [0.2, 0.25) is 0 Å². The molecule has 0 spiro atoms. The SMILES string of the molecule is C[C@H](NC(=O)C=Cc1ccc(F)cc1F)c1cccc(Oc2ccncc2)c1. The molecule has 0 saturated heterocycles. The molecule has 2 aromatic carbocycles. The fraction of sp³-hybridized carbons (Fsp3) is 0.0909. The maximum absolute atomic E-state index is 13.6. The second-order valence-corrected chi connectivity index (χ2v) is 6.09. The summed E-state index contributed by atoms with van der Waals surface area (Å²) in [5.41, 5.74) is 0.984. The topological polar surface area (TPSA) is 51.2 Å². The van der Waals surface area contributed by atoms with E-state index in [0.717, 1.165) is 17.7 Å². The highest BCUT2D eigenvalue weighted by Gasteiger charge is 2.09. The summed E-state index contributed by atoms with van der Waals surface area (Å²) in [4.78, 5) is 16.1. The first-order valence-corrected chi connectivity index (χ1v) is 8.63. The largest absolute Gasteiger partial charge is 0.457 e. The zero-order valence-electron chi connectivity index (χ0n) is 15.1. The minimum atomic E-state index is -0.724. The van der Waals surface area contributed by atoms with Crippen molar-refractivity contribution in [3.8, 4) is 11.5 Å². The van der Waals surface area contributed by atoms with E-state index in [-0.39, 0.29) is 11.6 Å². The number of nitrogens with zero attached hydrogens (tertiary/aromatic N) is 1. The van der Waals surface area contributed by atoms with Crippen LogP contribution in [0, 0.1) is 11.6 Å². The molecule has 1 heterocycles. The van der Waals surface area contributed by atoms with Crippen molar-refractivity contribution in [3.05, 3.63) is 95.8 Å². The van der Waals surface area contributed by atoms with Crippen molar-refractivity contribution in [2.75, 3.05) is 0 Å². The van der Waals surface area contributed by atoms with Gasteiger partial charge in [-0.1, -0.05) is 12.1 Å². The van der Waals surface area contributed by atoms with Crippen molar-refractivity contribution in [1.29, 1.82) is 0 Å². The highest BCUT2D eigenvalue weighted by molar-refractivity contribution is 5.92. The summed E-state index contributed by atoms with van der Waals surface area (Å²) in [5, 5.41) is 2.80. The average Bonchev–Trinajstić information content (AvgIpc) is 2.68. The van der Waals surface area contributed by atoms with Gasteiger partial charge in [-0.15, -0.1) is 0 Å². The van der Waals surface area contributed by atoms with Crippen LogP contribution in [-0.4, -0.2) is 10.9 Å². The molecular formula is C22H18F2N2O2. The van der Waals surface area contributed by atoms with Crippen LogP contribution in [0.4, 0.5) is 8.78 Å². The van der Waals surface area contributed by atoms with E-state index in [0.29, 0.717) is 11.5 Å². The molecule has 0 radical (unpaired) electrons. The Bertz CT molecular complexity index is 991. The third-order valence-corrected chi connectivity index (χ3v) is 3.98. The van der Waals surface area contributed by atoms with Gasteiger partial charge in [0.05, 0.1) is 6.04 Å². The van der Waals surface area contributed by atoms with Crippen molar-refractivity contribution in [3.63, 3.8) is 0 Å². The molecule has 4 nitrogen and oxygen atoms in total. The fourth-order valence-corrected chi connectivity index (χ4v) is 2.54. The Morgan fingerprint density at radius 3 is 2.61 bits per heavy atom. The van der Waals surface area contributed by atoms with Gasteiger partial charge in [0, 0.05) is 30.1 Å². The van der Waals surface area contributed by atoms with Gasteiger partial charge in [0.2, 0.25) is 5.91 Å². The van der Waals surface area contributed by atoms with Gasteiger partial charge in [-0.25, -0.2) is 8.78 Å². The molecule has 0 aliphatic carbocycles. The van der Waals surface area contributed by atoms with Gasteiger partial charge < -0.3 is 10.1 Å². The third-order valence-electron chi connectivity index (χ3n) is 3.98. The van der Waals surface area contributed by atoms with E-state index in [1.54, 1.807) is 24.5 Å². The highest BCUT2D eigenvalue weighted by atomic mass is 19.1. The smallest absolute Gasteiger partial charge is 0.244 e. The van der Waals surface area contributed by atoms with Crippen LogP contribution in [0.5, 0.6) is 11.5 Å². The summed E-state index contributed by atoms with van der Waals surface area (Å²) in [6.45, 7) is 1.83. The van der Waals surface area contributed by atoms with E-state index >= 15 is 0 Å². The molecule has 0 bridgehead atoms. The molecule has 0 aliphatic heterocycles. The summed E-state index contributed by atoms with van der Waals surface area (Å²) in [5.74, 6) is -0.488. The van der Waals surface area contributed by atoms with Crippen molar-refractivity contribution in [2.24, 2.45) is 0 Å². The first-order valence-electron chi connectivity index (χ1n) is 8.63. The van der Waals surface area contributed by atoms with Crippen molar-refractivity contribution in [1.82, 2.24) is 10.3 Å². The molecule has 1 atom stereocenters. The van der Waals surface area contributed by atoms with Gasteiger partial charge in [0.25, 0.3) is 0 Å². The van der Waals surface area contributed by atoms with Crippen LogP contribution in [0.15, 0.2) is 73.1 Å². The van der Waals surface area contributed by atoms with Gasteiger partial charge in [0.15, 0.2) is 0 Å². The maximum atomic E-state index is 13.6. The van der Waals surface area contributed by atoms with E-state index in [2.05, 4.69) is 10.3 Å². The minimum Gasteiger partial charge on any atom is -0.457 e. The number of halogens is 2. The van der Waals surface area contributed by atoms with E-state index in [9.17, 15) is 13.6 Å². The van der Waals surface area contributed by atoms with Crippen molar-refractivity contribution < 1.29 is 18.3 Å². The van der Waals surface area contributed by atoms with Crippen LogP contribution < -0.4 is 10.1 Å². The number of rotatable bonds is 6. The van der Waals surface area contributed by atoms with Crippen LogP contribution in [0.1, 0.15) is 24.1 Å². The Kier molecular flexibility index (Phi) is 6.11. The highest BCUT2D eigenvalue weighted by Crippen LogP contribution is 2.24. The summed E-state index contributed by atoms with van der Waals surface area (Å²) in [6, 6.07) is 13.7. The Morgan fingerprint density at radius 1 is 1.07 bits per heavy atom. The lowest BCUT2D eigenvalue weighted by atomic mass is 10.1. The monoisotopic (exact) mass is 380 g/mol. The first kappa shape index (κ1) is 19.2. The Balaban J connectivity index is 1.63. The lowest BCUT2D eigenvalue weighted by Crippen LogP contribution is -2.24. The molecule has 6 heteroatoms. The predicted octanol–water partition coefficient (Wildman–Crippen LogP) is 5.04. The fourth-order valence-electron chi connectivity index (χ4n) is 2.54. The number of ether oxygens (including phenoxy) is 1. The number of carbonyl (C=O) groups is 1. The van der Waals surface area contributed by atoms with E-state index in [1.807, 2.05) is 31.2 Å². The van der Waals surface area contributed by atoms with Crippen LogP contribution >= 0.6 is 0 Å². The number of aromatic nitrogens is 1. The number of benzene rings is 2. The number of nitrogens with one attached hydrogen (secondary N) is 1. The number of carbonyl (C=O) groups excluding carboxylic acids is 1. The molecule has 0 unspecified atom stereocenters. The molecule has 1 aromatic heterocycles. The summed E-state index contributed by atoms with van der Waals surface area (Å²) in [7, 11) is 0. The summed E-state index contributed by atoms with van der Waals surface area (Å²) < 4.78 is 32.3. The summed E-state index contributed by atoms with van der Waals surface area (Å²) >= 11 is 0. The zero-order valence-corrected chi connectivity index (χ0v) is 15.1. The molecule has 3 aromatic rings. The maximum Gasteiger partial charge on any atom is 0.244 e. The summed E-state index contributed by atoms with van der Waals surface area (Å²) in [6.07, 6.45) is 5.79. The van der Waals surface area contributed by atoms with Crippen molar-refractivity contribution in [2.45, 2.75) is 13.0 Å².